The lowest BCUT2D eigenvalue weighted by atomic mass is 9.97. The molecule has 0 bridgehead atoms. The molecule has 1 aliphatic carbocycles. The summed E-state index contributed by atoms with van der Waals surface area (Å²) in [7, 11) is 0. The Morgan fingerprint density at radius 3 is 2.50 bits per heavy atom. The fourth-order valence-corrected chi connectivity index (χ4v) is 3.91. The molecule has 0 spiro atoms. The standard InChI is InChI=1S/C18H28N2/c1-14-8-7-9-15(2)20(14)19-18-13-6-4-11-16-10-3-5-12-17(16)18/h3,5,10,12,14-15,18-19H,4,6-9,11,13H2,1-2H3. The van der Waals surface area contributed by atoms with Gasteiger partial charge < -0.3 is 0 Å². The van der Waals surface area contributed by atoms with Gasteiger partial charge in [-0.2, -0.15) is 0 Å². The molecule has 3 rings (SSSR count). The van der Waals surface area contributed by atoms with Crippen LogP contribution in [-0.4, -0.2) is 17.1 Å². The number of fused-ring (bicyclic) bond motifs is 1. The molecular weight excluding hydrogens is 244 g/mol. The average molecular weight is 272 g/mol. The van der Waals surface area contributed by atoms with Crippen molar-refractivity contribution in [3.8, 4) is 0 Å². The van der Waals surface area contributed by atoms with Gasteiger partial charge in [0.05, 0.1) is 0 Å². The van der Waals surface area contributed by atoms with Gasteiger partial charge in [0.25, 0.3) is 0 Å². The number of piperidine rings is 1. The van der Waals surface area contributed by atoms with E-state index in [9.17, 15) is 0 Å². The van der Waals surface area contributed by atoms with E-state index in [-0.39, 0.29) is 0 Å². The van der Waals surface area contributed by atoms with E-state index in [0.29, 0.717) is 18.1 Å². The first-order valence-corrected chi connectivity index (χ1v) is 8.38. The van der Waals surface area contributed by atoms with Crippen LogP contribution in [0.25, 0.3) is 0 Å². The van der Waals surface area contributed by atoms with Gasteiger partial charge in [-0.05, 0) is 57.1 Å². The summed E-state index contributed by atoms with van der Waals surface area (Å²) in [5, 5.41) is 2.54. The Kier molecular flexibility index (Phi) is 4.42. The molecule has 1 heterocycles. The molecule has 0 saturated carbocycles. The van der Waals surface area contributed by atoms with Gasteiger partial charge in [-0.25, -0.2) is 10.4 Å². The topological polar surface area (TPSA) is 15.3 Å². The highest BCUT2D eigenvalue weighted by atomic mass is 15.5. The van der Waals surface area contributed by atoms with Crippen molar-refractivity contribution in [2.45, 2.75) is 76.9 Å². The third kappa shape index (κ3) is 2.91. The molecule has 1 fully saturated rings. The Morgan fingerprint density at radius 2 is 1.70 bits per heavy atom. The minimum absolute atomic E-state index is 0.511. The highest BCUT2D eigenvalue weighted by Crippen LogP contribution is 2.30. The van der Waals surface area contributed by atoms with Crippen molar-refractivity contribution in [1.29, 1.82) is 0 Å². The number of hydrogen-bond donors (Lipinski definition) is 1. The van der Waals surface area contributed by atoms with E-state index in [4.69, 9.17) is 0 Å². The van der Waals surface area contributed by atoms with Crippen molar-refractivity contribution in [2.24, 2.45) is 0 Å². The largest absolute Gasteiger partial charge is 0.247 e. The smallest absolute Gasteiger partial charge is 0.0467 e. The number of aryl methyl sites for hydroxylation is 1. The molecule has 2 heteroatoms. The molecule has 2 nitrogen and oxygen atoms in total. The summed E-state index contributed by atoms with van der Waals surface area (Å²) in [6, 6.07) is 10.9. The van der Waals surface area contributed by atoms with Crippen LogP contribution in [0.4, 0.5) is 0 Å². The molecule has 20 heavy (non-hydrogen) atoms. The van der Waals surface area contributed by atoms with E-state index < -0.39 is 0 Å². The minimum atomic E-state index is 0.511. The van der Waals surface area contributed by atoms with Crippen molar-refractivity contribution < 1.29 is 0 Å². The molecule has 1 saturated heterocycles. The first-order chi connectivity index (χ1) is 9.75. The van der Waals surface area contributed by atoms with Gasteiger partial charge >= 0.3 is 0 Å². The van der Waals surface area contributed by atoms with E-state index >= 15 is 0 Å². The number of hydrogen-bond acceptors (Lipinski definition) is 2. The van der Waals surface area contributed by atoms with E-state index in [1.807, 2.05) is 0 Å². The van der Waals surface area contributed by atoms with Crippen molar-refractivity contribution in [1.82, 2.24) is 10.4 Å². The summed E-state index contributed by atoms with van der Waals surface area (Å²) in [5.74, 6) is 0. The maximum atomic E-state index is 3.89. The van der Waals surface area contributed by atoms with Crippen molar-refractivity contribution in [3.63, 3.8) is 0 Å². The summed E-state index contributed by atoms with van der Waals surface area (Å²) in [5.41, 5.74) is 6.98. The zero-order valence-electron chi connectivity index (χ0n) is 12.9. The highest BCUT2D eigenvalue weighted by Gasteiger charge is 2.28. The van der Waals surface area contributed by atoms with Gasteiger partial charge in [0, 0.05) is 18.1 Å². The molecule has 1 aliphatic heterocycles. The normalized spacial score (nSPS) is 31.6. The van der Waals surface area contributed by atoms with Crippen LogP contribution in [0.2, 0.25) is 0 Å². The maximum Gasteiger partial charge on any atom is 0.0467 e. The summed E-state index contributed by atoms with van der Waals surface area (Å²) >= 11 is 0. The Balaban J connectivity index is 1.79. The molecule has 3 unspecified atom stereocenters. The highest BCUT2D eigenvalue weighted by molar-refractivity contribution is 5.31. The molecule has 0 amide bonds. The Labute approximate surface area is 123 Å². The van der Waals surface area contributed by atoms with Gasteiger partial charge in [0.1, 0.15) is 0 Å². The number of nitrogens with zero attached hydrogens (tertiary/aromatic N) is 1. The quantitative estimate of drug-likeness (QED) is 0.811. The molecule has 2 aliphatic rings. The fourth-order valence-electron chi connectivity index (χ4n) is 3.91. The zero-order valence-corrected chi connectivity index (χ0v) is 12.9. The number of benzene rings is 1. The second-order valence-electron chi connectivity index (χ2n) is 6.66. The van der Waals surface area contributed by atoms with Crippen molar-refractivity contribution in [2.75, 3.05) is 0 Å². The van der Waals surface area contributed by atoms with Crippen molar-refractivity contribution in [3.05, 3.63) is 35.4 Å². The number of nitrogens with one attached hydrogen (secondary N) is 1. The Hall–Kier alpha value is -0.860. The first-order valence-electron chi connectivity index (χ1n) is 8.38. The predicted molar refractivity (Wildman–Crippen MR) is 84.5 cm³/mol. The van der Waals surface area contributed by atoms with Gasteiger partial charge in [-0.3, -0.25) is 0 Å². The SMILES string of the molecule is CC1CCCC(C)N1NC1CCCCc2ccccc21. The monoisotopic (exact) mass is 272 g/mol. The summed E-state index contributed by atoms with van der Waals surface area (Å²) in [6.45, 7) is 4.73. The number of hydrazine groups is 1. The molecule has 3 atom stereocenters. The molecule has 1 aromatic rings. The third-order valence-corrected chi connectivity index (χ3v) is 5.12. The van der Waals surface area contributed by atoms with Crippen LogP contribution in [0, 0.1) is 0 Å². The van der Waals surface area contributed by atoms with Crippen LogP contribution in [-0.2, 0) is 6.42 Å². The second kappa shape index (κ2) is 6.28. The first kappa shape index (κ1) is 14.1. The van der Waals surface area contributed by atoms with E-state index in [1.54, 1.807) is 5.56 Å². The van der Waals surface area contributed by atoms with Gasteiger partial charge in [-0.15, -0.1) is 0 Å². The molecular formula is C18H28N2. The van der Waals surface area contributed by atoms with Gasteiger partial charge in [0.15, 0.2) is 0 Å². The Morgan fingerprint density at radius 1 is 0.950 bits per heavy atom. The van der Waals surface area contributed by atoms with Crippen LogP contribution in [0.5, 0.6) is 0 Å². The molecule has 110 valence electrons. The molecule has 1 aromatic carbocycles. The Bertz CT molecular complexity index is 433. The maximum absolute atomic E-state index is 3.89. The molecule has 0 aromatic heterocycles. The summed E-state index contributed by atoms with van der Waals surface area (Å²) in [4.78, 5) is 0. The van der Waals surface area contributed by atoms with Crippen molar-refractivity contribution >= 4 is 0 Å². The fraction of sp³-hybridized carbons (Fsp3) is 0.667. The second-order valence-corrected chi connectivity index (χ2v) is 6.66. The molecule has 0 radical (unpaired) electrons. The lowest BCUT2D eigenvalue weighted by molar-refractivity contribution is 0.0275. The van der Waals surface area contributed by atoms with E-state index in [1.165, 1.54) is 50.5 Å². The van der Waals surface area contributed by atoms with E-state index in [2.05, 4.69) is 48.5 Å². The van der Waals surface area contributed by atoms with Crippen LogP contribution in [0.15, 0.2) is 24.3 Å². The van der Waals surface area contributed by atoms with Crippen LogP contribution < -0.4 is 5.43 Å². The zero-order chi connectivity index (χ0) is 13.9. The van der Waals surface area contributed by atoms with Crippen LogP contribution >= 0.6 is 0 Å². The number of rotatable bonds is 2. The van der Waals surface area contributed by atoms with Gasteiger partial charge in [-0.1, -0.05) is 37.1 Å². The van der Waals surface area contributed by atoms with Crippen LogP contribution in [0.3, 0.4) is 0 Å². The van der Waals surface area contributed by atoms with Gasteiger partial charge in [0.2, 0.25) is 0 Å². The van der Waals surface area contributed by atoms with E-state index in [0.717, 1.165) is 0 Å². The lowest BCUT2D eigenvalue weighted by Gasteiger charge is -2.41. The third-order valence-electron chi connectivity index (χ3n) is 5.12. The summed E-state index contributed by atoms with van der Waals surface area (Å²) < 4.78 is 0. The predicted octanol–water partition coefficient (Wildman–Crippen LogP) is 4.22. The average Bonchev–Trinajstić information content (AvgIpc) is 2.66. The molecule has 1 N–H and O–H groups in total. The van der Waals surface area contributed by atoms with Crippen LogP contribution in [0.1, 0.15) is 69.5 Å². The lowest BCUT2D eigenvalue weighted by Crippen LogP contribution is -2.53. The minimum Gasteiger partial charge on any atom is -0.247 e. The summed E-state index contributed by atoms with van der Waals surface area (Å²) in [6.07, 6.45) is 9.22.